The molecule has 4 N–H and O–H groups in total. The van der Waals surface area contributed by atoms with E-state index in [1.165, 1.54) is 32.1 Å². The van der Waals surface area contributed by atoms with E-state index in [0.29, 0.717) is 46.9 Å². The quantitative estimate of drug-likeness (QED) is 0.608. The van der Waals surface area contributed by atoms with Crippen molar-refractivity contribution in [2.24, 2.45) is 28.9 Å². The molecule has 2 heterocycles. The zero-order valence-corrected chi connectivity index (χ0v) is 17.6. The van der Waals surface area contributed by atoms with E-state index < -0.39 is 0 Å². The van der Waals surface area contributed by atoms with Crippen molar-refractivity contribution in [2.45, 2.75) is 44.7 Å². The van der Waals surface area contributed by atoms with Crippen molar-refractivity contribution in [3.63, 3.8) is 0 Å². The number of halogens is 1. The fourth-order valence-corrected chi connectivity index (χ4v) is 6.31. The van der Waals surface area contributed by atoms with Gasteiger partial charge in [0.05, 0.1) is 6.20 Å². The second-order valence-electron chi connectivity index (χ2n) is 9.28. The van der Waals surface area contributed by atoms with Crippen LogP contribution in [0, 0.1) is 34.5 Å². The summed E-state index contributed by atoms with van der Waals surface area (Å²) in [5.41, 5.74) is 8.09. The minimum atomic E-state index is 0.279. The van der Waals surface area contributed by atoms with Gasteiger partial charge in [-0.25, -0.2) is 9.97 Å². The van der Waals surface area contributed by atoms with E-state index in [1.807, 2.05) is 12.1 Å². The molecule has 6 rings (SSSR count). The van der Waals surface area contributed by atoms with Crippen molar-refractivity contribution < 1.29 is 0 Å². The molecule has 4 bridgehead atoms. The van der Waals surface area contributed by atoms with Crippen molar-refractivity contribution >= 4 is 23.4 Å². The van der Waals surface area contributed by atoms with E-state index in [4.69, 9.17) is 17.3 Å². The van der Waals surface area contributed by atoms with Gasteiger partial charge in [-0.05, 0) is 61.3 Å². The summed E-state index contributed by atoms with van der Waals surface area (Å²) in [6.45, 7) is 1.30. The second kappa shape index (κ2) is 7.68. The van der Waals surface area contributed by atoms with Crippen LogP contribution in [0.25, 0.3) is 0 Å². The van der Waals surface area contributed by atoms with Gasteiger partial charge < -0.3 is 16.4 Å². The van der Waals surface area contributed by atoms with Crippen LogP contribution in [-0.4, -0.2) is 27.5 Å². The third kappa shape index (κ3) is 3.59. The first-order valence-corrected chi connectivity index (χ1v) is 11.0. The summed E-state index contributed by atoms with van der Waals surface area (Å²) in [5, 5.41) is 16.6. The number of hydrogen-bond acceptors (Lipinski definition) is 7. The fourth-order valence-electron chi connectivity index (χ4n) is 6.13. The summed E-state index contributed by atoms with van der Waals surface area (Å²) in [6.07, 6.45) is 9.44. The fraction of sp³-hybridized carbons (Fsp3) is 0.545. The molecular weight excluding hydrogens is 398 g/mol. The predicted octanol–water partition coefficient (Wildman–Crippen LogP) is 3.57. The van der Waals surface area contributed by atoms with Crippen LogP contribution in [0.3, 0.4) is 0 Å². The number of nitriles is 1. The molecule has 0 spiro atoms. The van der Waals surface area contributed by atoms with Crippen LogP contribution >= 0.6 is 11.6 Å². The number of nitrogens with one attached hydrogen (secondary N) is 2. The maximum absolute atomic E-state index is 9.52. The molecule has 8 heteroatoms. The third-order valence-electron chi connectivity index (χ3n) is 7.29. The molecule has 0 amide bonds. The topological polar surface area (TPSA) is 113 Å². The van der Waals surface area contributed by atoms with E-state index in [1.54, 1.807) is 12.4 Å². The highest BCUT2D eigenvalue weighted by Crippen LogP contribution is 2.59. The Balaban J connectivity index is 1.29. The minimum Gasteiger partial charge on any atom is -0.368 e. The molecule has 7 nitrogen and oxygen atoms in total. The Labute approximate surface area is 181 Å². The van der Waals surface area contributed by atoms with Crippen LogP contribution in [0.5, 0.6) is 0 Å². The Morgan fingerprint density at radius 3 is 2.73 bits per heavy atom. The number of pyridine rings is 1. The lowest BCUT2D eigenvalue weighted by Crippen LogP contribution is -2.58. The molecule has 0 aliphatic heterocycles. The van der Waals surface area contributed by atoms with E-state index >= 15 is 0 Å². The van der Waals surface area contributed by atoms with E-state index in [2.05, 4.69) is 31.7 Å². The lowest BCUT2D eigenvalue weighted by molar-refractivity contribution is -0.0591. The minimum absolute atomic E-state index is 0.279. The van der Waals surface area contributed by atoms with E-state index in [9.17, 15) is 5.26 Å². The molecule has 2 unspecified atom stereocenters. The number of rotatable bonds is 6. The highest BCUT2D eigenvalue weighted by molar-refractivity contribution is 6.30. The smallest absolute Gasteiger partial charge is 0.224 e. The Morgan fingerprint density at radius 1 is 1.20 bits per heavy atom. The molecule has 30 heavy (non-hydrogen) atoms. The van der Waals surface area contributed by atoms with Gasteiger partial charge >= 0.3 is 0 Å². The Morgan fingerprint density at radius 2 is 2.00 bits per heavy atom. The summed E-state index contributed by atoms with van der Waals surface area (Å²) in [7, 11) is 0. The molecular formula is C22H26ClN7. The average molecular weight is 424 g/mol. The van der Waals surface area contributed by atoms with Crippen molar-refractivity contribution in [1.82, 2.24) is 15.0 Å². The maximum Gasteiger partial charge on any atom is 0.224 e. The van der Waals surface area contributed by atoms with E-state index in [-0.39, 0.29) is 5.41 Å². The molecule has 0 aromatic carbocycles. The summed E-state index contributed by atoms with van der Waals surface area (Å²) >= 11 is 6.12. The van der Waals surface area contributed by atoms with Crippen LogP contribution < -0.4 is 16.4 Å². The van der Waals surface area contributed by atoms with Crippen LogP contribution in [0.4, 0.5) is 11.8 Å². The first-order valence-electron chi connectivity index (χ1n) is 10.7. The SMILES string of the molecule is N#Cc1cnc(NCc2cccnc2Cl)nc1NCC12CC3CC(C1)C(N)C(C3)C2. The molecule has 4 aliphatic carbocycles. The first-order chi connectivity index (χ1) is 14.5. The van der Waals surface area contributed by atoms with Gasteiger partial charge in [0.1, 0.15) is 22.6 Å². The molecule has 4 aliphatic rings. The lowest BCUT2D eigenvalue weighted by Gasteiger charge is -2.59. The summed E-state index contributed by atoms with van der Waals surface area (Å²) in [5.74, 6) is 3.17. The van der Waals surface area contributed by atoms with Gasteiger partial charge in [0.2, 0.25) is 5.95 Å². The van der Waals surface area contributed by atoms with Gasteiger partial charge in [-0.3, -0.25) is 0 Å². The van der Waals surface area contributed by atoms with Gasteiger partial charge in [0.15, 0.2) is 0 Å². The monoisotopic (exact) mass is 423 g/mol. The summed E-state index contributed by atoms with van der Waals surface area (Å²) in [6, 6.07) is 6.32. The zero-order valence-electron chi connectivity index (χ0n) is 16.8. The largest absolute Gasteiger partial charge is 0.368 e. The molecule has 2 atom stereocenters. The Bertz CT molecular complexity index is 972. The molecule has 2 aromatic rings. The van der Waals surface area contributed by atoms with Gasteiger partial charge in [-0.1, -0.05) is 17.7 Å². The summed E-state index contributed by atoms with van der Waals surface area (Å²) in [4.78, 5) is 12.9. The van der Waals surface area contributed by atoms with Crippen molar-refractivity contribution in [2.75, 3.05) is 17.2 Å². The van der Waals surface area contributed by atoms with E-state index in [0.717, 1.165) is 18.0 Å². The highest BCUT2D eigenvalue weighted by Gasteiger charge is 2.54. The van der Waals surface area contributed by atoms with Crippen LogP contribution in [0.15, 0.2) is 24.5 Å². The number of anilines is 2. The number of nitrogens with two attached hydrogens (primary N) is 1. The second-order valence-corrected chi connectivity index (χ2v) is 9.63. The Hall–Kier alpha value is -2.43. The van der Waals surface area contributed by atoms with Crippen LogP contribution in [0.1, 0.15) is 43.2 Å². The predicted molar refractivity (Wildman–Crippen MR) is 116 cm³/mol. The number of hydrogen-bond donors (Lipinski definition) is 3. The van der Waals surface area contributed by atoms with Gasteiger partial charge in [0, 0.05) is 30.9 Å². The Kier molecular flexibility index (Phi) is 5.00. The molecule has 4 saturated carbocycles. The standard InChI is InChI=1S/C22H26ClN7/c23-19-14(2-1-3-26-19)10-27-21-28-11-17(9-24)20(30-21)29-12-22-6-13-4-15(7-22)18(25)16(5-13)8-22/h1-3,11,13,15-16,18H,4-8,10,12,25H2,(H2,27,28,29,30). The summed E-state index contributed by atoms with van der Waals surface area (Å²) < 4.78 is 0. The molecule has 0 saturated heterocycles. The van der Waals surface area contributed by atoms with Gasteiger partial charge in [-0.15, -0.1) is 0 Å². The van der Waals surface area contributed by atoms with Gasteiger partial charge in [0.25, 0.3) is 0 Å². The lowest BCUT2D eigenvalue weighted by atomic mass is 9.48. The van der Waals surface area contributed by atoms with Crippen LogP contribution in [-0.2, 0) is 6.54 Å². The molecule has 4 fully saturated rings. The van der Waals surface area contributed by atoms with Crippen molar-refractivity contribution in [1.29, 1.82) is 5.26 Å². The maximum atomic E-state index is 9.52. The zero-order chi connectivity index (χ0) is 20.7. The number of aromatic nitrogens is 3. The van der Waals surface area contributed by atoms with Crippen LogP contribution in [0.2, 0.25) is 5.15 Å². The molecule has 2 aromatic heterocycles. The van der Waals surface area contributed by atoms with Gasteiger partial charge in [-0.2, -0.15) is 10.2 Å². The highest BCUT2D eigenvalue weighted by atomic mass is 35.5. The molecule has 0 radical (unpaired) electrons. The molecule has 156 valence electrons. The third-order valence-corrected chi connectivity index (χ3v) is 7.63. The van der Waals surface area contributed by atoms with Crippen molar-refractivity contribution in [3.8, 4) is 6.07 Å². The normalized spacial score (nSPS) is 31.4. The van der Waals surface area contributed by atoms with Crippen molar-refractivity contribution in [3.05, 3.63) is 40.8 Å². The average Bonchev–Trinajstić information content (AvgIpc) is 2.75. The number of nitrogens with zero attached hydrogens (tertiary/aromatic N) is 4. The first kappa shape index (κ1) is 19.5.